The highest BCUT2D eigenvalue weighted by Gasteiger charge is 2.37. The van der Waals surface area contributed by atoms with Gasteiger partial charge in [0.15, 0.2) is 5.82 Å². The molecule has 0 saturated heterocycles. The van der Waals surface area contributed by atoms with E-state index >= 15 is 4.39 Å². The summed E-state index contributed by atoms with van der Waals surface area (Å²) >= 11 is 0. The van der Waals surface area contributed by atoms with Crippen LogP contribution in [0.5, 0.6) is 0 Å². The first kappa shape index (κ1) is 41.7. The molecule has 6 aromatic heterocycles. The third kappa shape index (κ3) is 8.00. The van der Waals surface area contributed by atoms with Crippen LogP contribution in [-0.4, -0.2) is 66.8 Å². The van der Waals surface area contributed by atoms with E-state index in [0.717, 1.165) is 24.3 Å². The Morgan fingerprint density at radius 1 is 0.754 bits per heavy atom. The third-order valence-corrected chi connectivity index (χ3v) is 9.91. The largest absolute Gasteiger partial charge is 0.444 e. The van der Waals surface area contributed by atoms with Gasteiger partial charge in [-0.05, 0) is 50.2 Å². The lowest BCUT2D eigenvalue weighted by atomic mass is 9.99. The van der Waals surface area contributed by atoms with Gasteiger partial charge in [-0.1, -0.05) is 30.3 Å². The van der Waals surface area contributed by atoms with Gasteiger partial charge in [-0.3, -0.25) is 19.8 Å². The molecule has 65 heavy (non-hydrogen) atoms. The number of alkyl halides is 6. The zero-order valence-corrected chi connectivity index (χ0v) is 33.3. The molecular formula is C42H28F7N13O3. The normalized spacial score (nSPS) is 11.9. The lowest BCUT2D eigenvalue weighted by molar-refractivity contribution is -0.138. The van der Waals surface area contributed by atoms with Crippen molar-refractivity contribution in [2.45, 2.75) is 26.2 Å². The fourth-order valence-electron chi connectivity index (χ4n) is 6.93. The molecule has 0 saturated carbocycles. The van der Waals surface area contributed by atoms with E-state index < -0.39 is 57.8 Å². The number of oxazole rings is 1. The molecule has 0 aliphatic rings. The summed E-state index contributed by atoms with van der Waals surface area (Å²) in [5, 5.41) is 32.0. The van der Waals surface area contributed by atoms with Crippen LogP contribution in [0.25, 0.3) is 51.0 Å². The van der Waals surface area contributed by atoms with Crippen LogP contribution in [0.1, 0.15) is 43.2 Å². The van der Waals surface area contributed by atoms with Crippen molar-refractivity contribution in [3.63, 3.8) is 0 Å². The van der Waals surface area contributed by atoms with Crippen LogP contribution in [0.15, 0.2) is 114 Å². The van der Waals surface area contributed by atoms with E-state index in [1.54, 1.807) is 49.5 Å². The highest BCUT2D eigenvalue weighted by molar-refractivity contribution is 6.07. The van der Waals surface area contributed by atoms with E-state index in [4.69, 9.17) is 9.52 Å². The van der Waals surface area contributed by atoms with Crippen LogP contribution in [0.3, 0.4) is 0 Å². The van der Waals surface area contributed by atoms with Gasteiger partial charge < -0.3 is 15.1 Å². The van der Waals surface area contributed by atoms with Crippen LogP contribution in [0, 0.1) is 19.7 Å². The molecule has 0 atom stereocenters. The average Bonchev–Trinajstić information content (AvgIpc) is 4.13. The summed E-state index contributed by atoms with van der Waals surface area (Å²) in [6.45, 7) is 3.20. The van der Waals surface area contributed by atoms with Crippen molar-refractivity contribution in [2.75, 3.05) is 10.6 Å². The molecule has 4 N–H and O–H groups in total. The Bertz CT molecular complexity index is 3220. The molecule has 9 aromatic rings. The predicted molar refractivity (Wildman–Crippen MR) is 217 cm³/mol. The number of benzene rings is 3. The highest BCUT2D eigenvalue weighted by atomic mass is 19.4. The fourth-order valence-corrected chi connectivity index (χ4v) is 6.93. The molecule has 2 amide bonds. The Labute approximate surface area is 359 Å². The summed E-state index contributed by atoms with van der Waals surface area (Å²) in [4.78, 5) is 34.2. The zero-order chi connectivity index (χ0) is 45.8. The fraction of sp³-hybridized carbons (Fsp3) is 0.0952. The van der Waals surface area contributed by atoms with E-state index in [-0.39, 0.29) is 46.2 Å². The molecule has 328 valence electrons. The first-order valence-electron chi connectivity index (χ1n) is 19.0. The lowest BCUT2D eigenvalue weighted by Crippen LogP contribution is -2.19. The Morgan fingerprint density at radius 2 is 1.54 bits per heavy atom. The van der Waals surface area contributed by atoms with Crippen LogP contribution in [-0.2, 0) is 12.4 Å². The molecular weight excluding hydrogens is 868 g/mol. The molecule has 0 aliphatic heterocycles. The number of nitrogens with one attached hydrogen (secondary N) is 4. The van der Waals surface area contributed by atoms with Crippen LogP contribution < -0.4 is 10.6 Å². The summed E-state index contributed by atoms with van der Waals surface area (Å²) in [6, 6.07) is 16.6. The molecule has 0 unspecified atom stereocenters. The van der Waals surface area contributed by atoms with Gasteiger partial charge in [0, 0.05) is 46.8 Å². The van der Waals surface area contributed by atoms with Gasteiger partial charge in [-0.15, -0.1) is 9.89 Å². The SMILES string of the molecule is Cc1coc(-c2cc(C(=O)Nc3cc(-c4cn[nH]c4)nn3-c3cc(C)n(-n4ncc(NC(=O)c5cc(-c6cc[nH]n6)c(C(F)(F)F)cc5F)c4-c4ccccc4)n3)ccc2C(F)(F)F)n1. The number of carbonyl (C=O) groups is 2. The van der Waals surface area contributed by atoms with Gasteiger partial charge in [0.2, 0.25) is 5.89 Å². The van der Waals surface area contributed by atoms with Crippen molar-refractivity contribution in [3.05, 3.63) is 149 Å². The van der Waals surface area contributed by atoms with Crippen molar-refractivity contribution in [2.24, 2.45) is 0 Å². The number of H-pyrrole nitrogens is 2. The maximum atomic E-state index is 15.4. The van der Waals surface area contributed by atoms with Crippen molar-refractivity contribution in [1.29, 1.82) is 0 Å². The molecule has 16 nitrogen and oxygen atoms in total. The Hall–Kier alpha value is -8.63. The molecule has 9 rings (SSSR count). The maximum absolute atomic E-state index is 15.4. The van der Waals surface area contributed by atoms with E-state index in [0.29, 0.717) is 28.2 Å². The van der Waals surface area contributed by atoms with E-state index in [2.05, 4.69) is 46.2 Å². The van der Waals surface area contributed by atoms with Gasteiger partial charge in [0.05, 0.1) is 63.1 Å². The minimum atomic E-state index is -4.97. The smallest absolute Gasteiger partial charge is 0.417 e. The van der Waals surface area contributed by atoms with Gasteiger partial charge in [0.1, 0.15) is 23.6 Å². The second-order valence-corrected chi connectivity index (χ2v) is 14.3. The first-order chi connectivity index (χ1) is 31.0. The molecule has 3 aromatic carbocycles. The van der Waals surface area contributed by atoms with Gasteiger partial charge in [-0.2, -0.15) is 56.2 Å². The molecule has 0 radical (unpaired) electrons. The second kappa shape index (κ2) is 15.9. The summed E-state index contributed by atoms with van der Waals surface area (Å²) in [7, 11) is 0. The predicted octanol–water partition coefficient (Wildman–Crippen LogP) is 8.98. The molecule has 0 spiro atoms. The van der Waals surface area contributed by atoms with Crippen molar-refractivity contribution < 1.29 is 44.7 Å². The van der Waals surface area contributed by atoms with Gasteiger partial charge in [0.25, 0.3) is 11.8 Å². The molecule has 0 aliphatic carbocycles. The van der Waals surface area contributed by atoms with Crippen LogP contribution >= 0.6 is 0 Å². The summed E-state index contributed by atoms with van der Waals surface area (Å²) < 4.78 is 106. The minimum absolute atomic E-state index is 0.0170. The monoisotopic (exact) mass is 895 g/mol. The number of aromatic nitrogens is 11. The van der Waals surface area contributed by atoms with E-state index in [9.17, 15) is 35.9 Å². The average molecular weight is 896 g/mol. The van der Waals surface area contributed by atoms with Gasteiger partial charge in [-0.25, -0.2) is 9.37 Å². The number of carbonyl (C=O) groups excluding carboxylic acids is 2. The highest BCUT2D eigenvalue weighted by Crippen LogP contribution is 2.40. The van der Waals surface area contributed by atoms with Gasteiger partial charge >= 0.3 is 12.4 Å². The quantitative estimate of drug-likeness (QED) is 0.0969. The number of anilines is 2. The zero-order valence-electron chi connectivity index (χ0n) is 33.3. The molecule has 6 heterocycles. The molecule has 0 bridgehead atoms. The van der Waals surface area contributed by atoms with Crippen LogP contribution in [0.2, 0.25) is 0 Å². The first-order valence-corrected chi connectivity index (χ1v) is 19.0. The number of hydrogen-bond acceptors (Lipinski definition) is 9. The lowest BCUT2D eigenvalue weighted by Gasteiger charge is -2.15. The third-order valence-electron chi connectivity index (χ3n) is 9.91. The standard InChI is InChI=1S/C42H28F7N13O3/c1-21-20-65-40(54-21)27-13-24(8-9-29(27)41(44,45)46)38(63)56-35-16-33(25-17-51-52-18-25)58-60(35)36-12-22(2)61(59-36)62-37(23-6-4-3-5-7-23)34(19-53-62)55-39(64)28-14-26(32-10-11-50-57-32)30(15-31(28)43)42(47,48)49/h3-20H,1-2H3,(H,50,57)(H,51,52)(H,55,64)(H,56,63). The number of aromatic amines is 2. The number of amides is 2. The van der Waals surface area contributed by atoms with Crippen molar-refractivity contribution in [1.82, 2.24) is 54.9 Å². The summed E-state index contributed by atoms with van der Waals surface area (Å²) in [5.74, 6) is -3.54. The van der Waals surface area contributed by atoms with E-state index in [1.165, 1.54) is 58.2 Å². The number of nitrogens with zero attached hydrogens (tertiary/aromatic N) is 9. The maximum Gasteiger partial charge on any atom is 0.417 e. The molecule has 23 heteroatoms. The number of rotatable bonds is 10. The van der Waals surface area contributed by atoms with E-state index in [1.807, 2.05) is 0 Å². The summed E-state index contributed by atoms with van der Waals surface area (Å²) in [5.41, 5.74) is -2.15. The molecule has 0 fully saturated rings. The number of hydrogen-bond donors (Lipinski definition) is 4. The minimum Gasteiger partial charge on any atom is -0.444 e. The number of halogens is 7. The van der Waals surface area contributed by atoms with Crippen LogP contribution in [0.4, 0.5) is 42.2 Å². The second-order valence-electron chi connectivity index (χ2n) is 14.3. The Kier molecular flexibility index (Phi) is 10.2. The summed E-state index contributed by atoms with van der Waals surface area (Å²) in [6.07, 6.45) is -3.03. The Balaban J connectivity index is 1.09. The van der Waals surface area contributed by atoms with Crippen molar-refractivity contribution >= 4 is 23.3 Å². The number of aryl methyl sites for hydroxylation is 2. The van der Waals surface area contributed by atoms with Crippen molar-refractivity contribution in [3.8, 4) is 51.0 Å². The topological polar surface area (TPSA) is 195 Å². The Morgan fingerprint density at radius 3 is 2.22 bits per heavy atom.